The van der Waals surface area contributed by atoms with Crippen molar-refractivity contribution in [3.05, 3.63) is 35.1 Å². The van der Waals surface area contributed by atoms with Gasteiger partial charge in [-0.1, -0.05) is 25.1 Å². The number of para-hydroxylation sites is 1. The predicted octanol–water partition coefficient (Wildman–Crippen LogP) is 2.94. The first-order valence-electron chi connectivity index (χ1n) is 6.99. The van der Waals surface area contributed by atoms with Crippen LogP contribution in [0.15, 0.2) is 22.6 Å². The van der Waals surface area contributed by atoms with Crippen LogP contribution >= 0.6 is 0 Å². The molecule has 108 valence electrons. The summed E-state index contributed by atoms with van der Waals surface area (Å²) in [6.45, 7) is 6.22. The van der Waals surface area contributed by atoms with Gasteiger partial charge in [0, 0.05) is 17.5 Å². The summed E-state index contributed by atoms with van der Waals surface area (Å²) in [4.78, 5) is 12.1. The number of carbonyl (C=O) groups excluding carboxylic acids is 1. The summed E-state index contributed by atoms with van der Waals surface area (Å²) in [6, 6.07) is 5.88. The lowest BCUT2D eigenvalue weighted by atomic mass is 10.1. The molecule has 1 atom stereocenters. The minimum Gasteiger partial charge on any atom is -0.450 e. The number of hydrogen-bond donors (Lipinski definition) is 2. The molecule has 1 amide bonds. The molecule has 1 heterocycles. The molecule has 0 aliphatic carbocycles. The fourth-order valence-corrected chi connectivity index (χ4v) is 2.24. The molecule has 0 aliphatic rings. The molecule has 0 fully saturated rings. The number of fused-ring (bicyclic) bond motifs is 1. The topological polar surface area (TPSA) is 62.5 Å². The molecule has 1 aromatic heterocycles. The van der Waals surface area contributed by atoms with Crippen molar-refractivity contribution in [1.82, 2.24) is 5.32 Å². The summed E-state index contributed by atoms with van der Waals surface area (Å²) < 4.78 is 5.70. The number of rotatable bonds is 5. The Morgan fingerprint density at radius 1 is 1.40 bits per heavy atom. The van der Waals surface area contributed by atoms with Gasteiger partial charge in [-0.2, -0.15) is 0 Å². The van der Waals surface area contributed by atoms with E-state index in [1.165, 1.54) is 0 Å². The van der Waals surface area contributed by atoms with Crippen LogP contribution in [0.3, 0.4) is 0 Å². The molecule has 4 heteroatoms. The SMILES string of the molecule is CCC(O)CCNC(=O)c1oc2c(C)cccc2c1C. The Balaban J connectivity index is 2.14. The van der Waals surface area contributed by atoms with Crippen molar-refractivity contribution >= 4 is 16.9 Å². The number of aryl methyl sites for hydroxylation is 2. The first-order valence-corrected chi connectivity index (χ1v) is 6.99. The first kappa shape index (κ1) is 14.6. The van der Waals surface area contributed by atoms with Gasteiger partial charge in [0.05, 0.1) is 6.10 Å². The number of nitrogens with one attached hydrogen (secondary N) is 1. The van der Waals surface area contributed by atoms with Crippen molar-refractivity contribution in [2.75, 3.05) is 6.54 Å². The highest BCUT2D eigenvalue weighted by Crippen LogP contribution is 2.27. The van der Waals surface area contributed by atoms with Gasteiger partial charge in [-0.05, 0) is 32.3 Å². The zero-order valence-electron chi connectivity index (χ0n) is 12.2. The largest absolute Gasteiger partial charge is 0.450 e. The highest BCUT2D eigenvalue weighted by molar-refractivity contribution is 5.99. The van der Waals surface area contributed by atoms with Crippen LogP contribution in [0.4, 0.5) is 0 Å². The molecule has 0 spiro atoms. The molecule has 2 N–H and O–H groups in total. The van der Waals surface area contributed by atoms with E-state index in [0.29, 0.717) is 25.1 Å². The molecule has 2 aromatic rings. The molecular formula is C16H21NO3. The Morgan fingerprint density at radius 3 is 2.80 bits per heavy atom. The summed E-state index contributed by atoms with van der Waals surface area (Å²) in [5.74, 6) is 0.140. The van der Waals surface area contributed by atoms with E-state index in [1.807, 2.05) is 39.0 Å². The Kier molecular flexibility index (Phi) is 4.45. The molecule has 0 radical (unpaired) electrons. The standard InChI is InChI=1S/C16H21NO3/c1-4-12(18)8-9-17-16(19)15-11(3)13-7-5-6-10(2)14(13)20-15/h5-7,12,18H,4,8-9H2,1-3H3,(H,17,19). The van der Waals surface area contributed by atoms with Crippen molar-refractivity contribution in [1.29, 1.82) is 0 Å². The van der Waals surface area contributed by atoms with E-state index in [9.17, 15) is 9.90 Å². The molecule has 0 aliphatic heterocycles. The molecule has 0 saturated carbocycles. The summed E-state index contributed by atoms with van der Waals surface area (Å²) in [5.41, 5.74) is 2.65. The van der Waals surface area contributed by atoms with Crippen LogP contribution in [0.2, 0.25) is 0 Å². The van der Waals surface area contributed by atoms with Gasteiger partial charge < -0.3 is 14.8 Å². The van der Waals surface area contributed by atoms with Gasteiger partial charge in [0.1, 0.15) is 5.58 Å². The average molecular weight is 275 g/mol. The normalized spacial score (nSPS) is 12.6. The smallest absolute Gasteiger partial charge is 0.287 e. The molecule has 1 unspecified atom stereocenters. The van der Waals surface area contributed by atoms with E-state index in [4.69, 9.17) is 4.42 Å². The highest BCUT2D eigenvalue weighted by Gasteiger charge is 2.18. The van der Waals surface area contributed by atoms with Crippen LogP contribution < -0.4 is 5.32 Å². The zero-order valence-corrected chi connectivity index (χ0v) is 12.2. The van der Waals surface area contributed by atoms with Crippen molar-refractivity contribution in [3.63, 3.8) is 0 Å². The molecule has 4 nitrogen and oxygen atoms in total. The number of hydrogen-bond acceptors (Lipinski definition) is 3. The van der Waals surface area contributed by atoms with Crippen LogP contribution in [0.5, 0.6) is 0 Å². The Labute approximate surface area is 118 Å². The highest BCUT2D eigenvalue weighted by atomic mass is 16.3. The van der Waals surface area contributed by atoms with E-state index in [0.717, 1.165) is 22.1 Å². The number of amides is 1. The Morgan fingerprint density at radius 2 is 2.15 bits per heavy atom. The summed E-state index contributed by atoms with van der Waals surface area (Å²) in [5, 5.41) is 13.2. The molecule has 1 aromatic carbocycles. The molecule has 20 heavy (non-hydrogen) atoms. The van der Waals surface area contributed by atoms with Crippen LogP contribution in [0.25, 0.3) is 11.0 Å². The van der Waals surface area contributed by atoms with Gasteiger partial charge in [0.2, 0.25) is 0 Å². The third kappa shape index (κ3) is 2.85. The van der Waals surface area contributed by atoms with Crippen molar-refractivity contribution < 1.29 is 14.3 Å². The molecule has 2 rings (SSSR count). The van der Waals surface area contributed by atoms with E-state index < -0.39 is 0 Å². The van der Waals surface area contributed by atoms with Gasteiger partial charge in [0.15, 0.2) is 5.76 Å². The molecular weight excluding hydrogens is 254 g/mol. The van der Waals surface area contributed by atoms with E-state index >= 15 is 0 Å². The van der Waals surface area contributed by atoms with E-state index in [-0.39, 0.29) is 12.0 Å². The minimum absolute atomic E-state index is 0.221. The van der Waals surface area contributed by atoms with Crippen LogP contribution in [-0.4, -0.2) is 23.7 Å². The summed E-state index contributed by atoms with van der Waals surface area (Å²) in [7, 11) is 0. The third-order valence-electron chi connectivity index (χ3n) is 3.60. The number of aliphatic hydroxyl groups excluding tert-OH is 1. The Bertz CT molecular complexity index is 615. The lowest BCUT2D eigenvalue weighted by Crippen LogP contribution is -2.27. The number of aliphatic hydroxyl groups is 1. The van der Waals surface area contributed by atoms with Crippen molar-refractivity contribution in [2.24, 2.45) is 0 Å². The predicted molar refractivity (Wildman–Crippen MR) is 78.9 cm³/mol. The van der Waals surface area contributed by atoms with Gasteiger partial charge in [0.25, 0.3) is 5.91 Å². The maximum atomic E-state index is 12.1. The lowest BCUT2D eigenvalue weighted by molar-refractivity contribution is 0.0915. The summed E-state index contributed by atoms with van der Waals surface area (Å²) >= 11 is 0. The third-order valence-corrected chi connectivity index (χ3v) is 3.60. The van der Waals surface area contributed by atoms with Gasteiger partial charge >= 0.3 is 0 Å². The molecule has 0 bridgehead atoms. The lowest BCUT2D eigenvalue weighted by Gasteiger charge is -2.08. The minimum atomic E-state index is -0.366. The second-order valence-corrected chi connectivity index (χ2v) is 5.11. The average Bonchev–Trinajstić information content (AvgIpc) is 2.78. The van der Waals surface area contributed by atoms with Crippen molar-refractivity contribution in [2.45, 2.75) is 39.7 Å². The Hall–Kier alpha value is -1.81. The maximum absolute atomic E-state index is 12.1. The van der Waals surface area contributed by atoms with Crippen LogP contribution in [0.1, 0.15) is 41.4 Å². The quantitative estimate of drug-likeness (QED) is 0.882. The van der Waals surface area contributed by atoms with Gasteiger partial charge in [-0.15, -0.1) is 0 Å². The van der Waals surface area contributed by atoms with Crippen molar-refractivity contribution in [3.8, 4) is 0 Å². The maximum Gasteiger partial charge on any atom is 0.287 e. The van der Waals surface area contributed by atoms with Crippen LogP contribution in [-0.2, 0) is 0 Å². The zero-order chi connectivity index (χ0) is 14.7. The van der Waals surface area contributed by atoms with Gasteiger partial charge in [-0.25, -0.2) is 0 Å². The second kappa shape index (κ2) is 6.09. The second-order valence-electron chi connectivity index (χ2n) is 5.11. The molecule has 0 saturated heterocycles. The number of benzene rings is 1. The van der Waals surface area contributed by atoms with Gasteiger partial charge in [-0.3, -0.25) is 4.79 Å². The first-order chi connectivity index (χ1) is 9.54. The number of furan rings is 1. The summed E-state index contributed by atoms with van der Waals surface area (Å²) in [6.07, 6.45) is 0.883. The van der Waals surface area contributed by atoms with E-state index in [2.05, 4.69) is 5.32 Å². The monoisotopic (exact) mass is 275 g/mol. The fourth-order valence-electron chi connectivity index (χ4n) is 2.24. The fraction of sp³-hybridized carbons (Fsp3) is 0.438. The van der Waals surface area contributed by atoms with E-state index in [1.54, 1.807) is 0 Å². The van der Waals surface area contributed by atoms with Crippen LogP contribution in [0, 0.1) is 13.8 Å². The number of carbonyl (C=O) groups is 1.